The Morgan fingerprint density at radius 1 is 0.617 bits per heavy atom. The van der Waals surface area contributed by atoms with Gasteiger partial charge in [-0.05, 0) is 131 Å². The number of carboxylic acid groups (broad SMARTS) is 1. The Morgan fingerprint density at radius 2 is 1.10 bits per heavy atom. The average Bonchev–Trinajstić information content (AvgIpc) is 1.42. The topological polar surface area (TPSA) is 482 Å². The first-order valence-corrected chi connectivity index (χ1v) is 33.8. The number of carbonyl (C=O) groups is 11. The van der Waals surface area contributed by atoms with E-state index in [0.717, 1.165) is 24.6 Å². The van der Waals surface area contributed by atoms with Crippen LogP contribution in [-0.4, -0.2) is 214 Å². The molecule has 34 heteroatoms. The molecule has 1 saturated heterocycles. The number of thiol groups is 2. The molecule has 0 aliphatic carbocycles. The summed E-state index contributed by atoms with van der Waals surface area (Å²) in [4.78, 5) is 152. The Balaban J connectivity index is 2.26. The lowest BCUT2D eigenvalue weighted by molar-refractivity contribution is -0.141. The number of hydrogen-bond donors (Lipinski definition) is 19. The van der Waals surface area contributed by atoms with E-state index in [1.54, 1.807) is 51.1 Å². The number of rotatable bonds is 32. The van der Waals surface area contributed by atoms with Crippen LogP contribution in [0.25, 0.3) is 0 Å². The lowest BCUT2D eigenvalue weighted by Crippen LogP contribution is -2.59. The maximum atomic E-state index is 14.1. The van der Waals surface area contributed by atoms with Crippen molar-refractivity contribution in [2.75, 3.05) is 62.3 Å². The third-order valence-corrected chi connectivity index (χ3v) is 17.4. The number of aliphatic imine (C=N–C) groups is 1. The molecule has 19 N–H and O–H groups in total. The molecule has 1 aromatic carbocycles. The molecule has 7 atom stereocenters. The maximum absolute atomic E-state index is 14.1. The molecule has 1 aliphatic heterocycles. The second kappa shape index (κ2) is 44.3. The molecule has 10 amide bonds. The second-order valence-corrected chi connectivity index (χ2v) is 25.7. The van der Waals surface area contributed by atoms with Crippen molar-refractivity contribution < 1.29 is 68.3 Å². The predicted molar refractivity (Wildman–Crippen MR) is 365 cm³/mol. The van der Waals surface area contributed by atoms with Gasteiger partial charge in [0.15, 0.2) is 5.96 Å². The molecule has 1 aromatic rings. The van der Waals surface area contributed by atoms with E-state index in [4.69, 9.17) is 11.5 Å². The van der Waals surface area contributed by atoms with E-state index >= 15 is 0 Å². The van der Waals surface area contributed by atoms with Gasteiger partial charge < -0.3 is 90.8 Å². The molecule has 0 aromatic heterocycles. The molecule has 1 aliphatic rings. The molecule has 1 heterocycles. The van der Waals surface area contributed by atoms with Crippen LogP contribution in [0.4, 0.5) is 0 Å². The van der Waals surface area contributed by atoms with Gasteiger partial charge in [0.25, 0.3) is 0 Å². The fourth-order valence-electron chi connectivity index (χ4n) is 9.27. The summed E-state index contributed by atoms with van der Waals surface area (Å²) in [5.74, 6) is -9.55. The van der Waals surface area contributed by atoms with Crippen LogP contribution in [0.2, 0.25) is 0 Å². The Kier molecular flexibility index (Phi) is 38.9. The summed E-state index contributed by atoms with van der Waals surface area (Å²) in [7, 11) is 0. The summed E-state index contributed by atoms with van der Waals surface area (Å²) >= 11 is 9.63. The number of guanidine groups is 1. The summed E-state index contributed by atoms with van der Waals surface area (Å²) in [5.41, 5.74) is 11.6. The van der Waals surface area contributed by atoms with E-state index in [1.807, 2.05) is 27.7 Å². The molecule has 1 fully saturated rings. The van der Waals surface area contributed by atoms with Crippen LogP contribution in [-0.2, 0) is 59.2 Å². The van der Waals surface area contributed by atoms with Crippen molar-refractivity contribution in [1.82, 2.24) is 63.8 Å². The maximum Gasteiger partial charge on any atom is 0.305 e. The van der Waals surface area contributed by atoms with Crippen molar-refractivity contribution >= 4 is 119 Å². The fourth-order valence-corrected chi connectivity index (χ4v) is 10.6. The number of unbranched alkanes of at least 4 members (excludes halogenated alkanes) is 1. The molecule has 31 nitrogen and oxygen atoms in total. The van der Waals surface area contributed by atoms with Crippen LogP contribution in [0.3, 0.4) is 0 Å². The summed E-state index contributed by atoms with van der Waals surface area (Å²) in [6.07, 6.45) is 2.36. The minimum Gasteiger partial charge on any atom is -0.481 e. The highest BCUT2D eigenvalue weighted by Crippen LogP contribution is 2.17. The lowest BCUT2D eigenvalue weighted by Gasteiger charge is -2.28. The number of nitrogens with one attached hydrogen (secondary N) is 12. The van der Waals surface area contributed by atoms with Gasteiger partial charge in [0.2, 0.25) is 59.1 Å². The average molecular weight is 1380 g/mol. The normalized spacial score (nSPS) is 21.3. The van der Waals surface area contributed by atoms with E-state index in [2.05, 4.69) is 104 Å². The third kappa shape index (κ3) is 33.6. The number of aliphatic carboxylic acids is 1. The van der Waals surface area contributed by atoms with Gasteiger partial charge in [-0.2, -0.15) is 25.3 Å². The summed E-state index contributed by atoms with van der Waals surface area (Å²) < 4.78 is 0. The Bertz CT molecular complexity index is 2710. The molecule has 528 valence electrons. The van der Waals surface area contributed by atoms with Crippen molar-refractivity contribution in [2.45, 2.75) is 185 Å². The molecule has 0 radical (unpaired) electrons. The number of hydrogen-bond acceptors (Lipinski definition) is 21. The summed E-state index contributed by atoms with van der Waals surface area (Å²) in [6.45, 7) is 13.8. The Morgan fingerprint density at radius 3 is 1.64 bits per heavy atom. The van der Waals surface area contributed by atoms with Gasteiger partial charge in [0, 0.05) is 62.2 Å². The van der Waals surface area contributed by atoms with Gasteiger partial charge >= 0.3 is 5.97 Å². The highest BCUT2D eigenvalue weighted by atomic mass is 32.2. The van der Waals surface area contributed by atoms with Gasteiger partial charge in [-0.1, -0.05) is 40.6 Å². The lowest BCUT2D eigenvalue weighted by atomic mass is 9.94. The van der Waals surface area contributed by atoms with Crippen LogP contribution in [0, 0.1) is 5.92 Å². The summed E-state index contributed by atoms with van der Waals surface area (Å²) in [6, 6.07) is -0.370. The van der Waals surface area contributed by atoms with Gasteiger partial charge in [0.1, 0.15) is 36.3 Å². The molecule has 0 unspecified atom stereocenters. The molecular weight excluding hydrogens is 1280 g/mol. The van der Waals surface area contributed by atoms with Crippen LogP contribution in [0.15, 0.2) is 45.6 Å². The zero-order chi connectivity index (χ0) is 70.4. The molecule has 0 bridgehead atoms. The van der Waals surface area contributed by atoms with E-state index in [9.17, 15) is 68.3 Å². The van der Waals surface area contributed by atoms with Crippen LogP contribution in [0.5, 0.6) is 0 Å². The third-order valence-electron chi connectivity index (χ3n) is 15.5. The van der Waals surface area contributed by atoms with Crippen molar-refractivity contribution in [3.63, 3.8) is 0 Å². The second-order valence-electron chi connectivity index (χ2n) is 24.0. The van der Waals surface area contributed by atoms with Crippen molar-refractivity contribution in [1.29, 1.82) is 0 Å². The minimum absolute atomic E-state index is 0.00378. The summed E-state index contributed by atoms with van der Waals surface area (Å²) in [5, 5.41) is 67.9. The van der Waals surface area contributed by atoms with E-state index < -0.39 is 120 Å². The van der Waals surface area contributed by atoms with Gasteiger partial charge in [-0.25, -0.2) is 0 Å². The van der Waals surface area contributed by atoms with Crippen LogP contribution < -0.4 is 75.3 Å². The van der Waals surface area contributed by atoms with Gasteiger partial charge in [0.05, 0.1) is 41.2 Å². The van der Waals surface area contributed by atoms with Gasteiger partial charge in [-0.15, -0.1) is 11.8 Å². The number of amides is 10. The molecule has 2 rings (SSSR count). The monoisotopic (exact) mass is 1380 g/mol. The smallest absolute Gasteiger partial charge is 0.305 e. The number of oxime groups is 2. The van der Waals surface area contributed by atoms with E-state index in [1.165, 1.54) is 0 Å². The molecule has 0 spiro atoms. The van der Waals surface area contributed by atoms with E-state index in [0.29, 0.717) is 49.5 Å². The zero-order valence-corrected chi connectivity index (χ0v) is 57.5. The zero-order valence-electron chi connectivity index (χ0n) is 54.9. The largest absolute Gasteiger partial charge is 0.481 e. The quantitative estimate of drug-likeness (QED) is 0.00994. The number of nitrogens with two attached hydrogens (primary N) is 2. The first kappa shape index (κ1) is 82.7. The van der Waals surface area contributed by atoms with Crippen molar-refractivity contribution in [3.05, 3.63) is 35.9 Å². The first-order chi connectivity index (χ1) is 44.4. The number of benzene rings is 1. The molecular formula is C60H101N17O14S3. The van der Waals surface area contributed by atoms with Crippen molar-refractivity contribution in [3.8, 4) is 0 Å². The Labute approximate surface area is 565 Å². The van der Waals surface area contributed by atoms with Crippen LogP contribution in [0.1, 0.15) is 131 Å². The highest BCUT2D eigenvalue weighted by Gasteiger charge is 2.34. The number of nitrogens with zero attached hydrogens (tertiary/aromatic N) is 3. The Hall–Kier alpha value is -7.43. The van der Waals surface area contributed by atoms with Crippen molar-refractivity contribution in [2.24, 2.45) is 32.7 Å². The molecule has 94 heavy (non-hydrogen) atoms. The highest BCUT2D eigenvalue weighted by molar-refractivity contribution is 8.00. The minimum atomic E-state index is -1.78. The predicted octanol–water partition coefficient (Wildman–Crippen LogP) is -1.31. The SMILES string of the molecule is C/C(=N/O)C(C)(C)NCCC(CCNC(=O)CCCC(=O)NCCCC[C@@H]1NC(=O)CSC[C@@H](C)NC(=O)[C@H](Cc2ccccc2)NC(=O)[C@H](CS)NC(=O)[C@H](CC(=O)O)NC(=O)CNC(=O)[C@H](CCCN=C(N)N)NC(=O)[C@H](CS)NC1=O)CCNC(C)(C)/C(C)=N\O. The van der Waals surface area contributed by atoms with Gasteiger partial charge in [-0.3, -0.25) is 57.7 Å². The standard InChI is InChI=1S/C60H101N17O14S3/c1-36-34-94-35-50(81)70-42(17-11-12-24-63-47(78)19-13-20-48(79)64-26-21-39(22-27-67-59(4,5)37(2)76-90)23-28-68-60(6,7)38(3)77-91)53(85)74-45(32-92)56(88)72-41(18-14-25-65-58(61)62)52(84)66-31-49(80)71-44(30-51(82)83)55(87)75-46(33-93)57(89)73-43(54(86)69-36)29-40-15-9-8-10-16-40/h8-10,15-16,36,39,41-46,67-68,90-93H,11-14,17-35H2,1-7H3,(H,63,78)(H,64,79)(H,66,84)(H,69,86)(H,70,81)(H,71,80)(H,72,88)(H,73,89)(H,74,85)(H,75,87)(H,82,83)(H4,61,62,65)/b76-37-,77-38-/t36-,41+,42+,43+,44+,45+,46+/m1/s1. The first-order valence-electron chi connectivity index (χ1n) is 31.4. The number of carboxylic acids is 1. The number of carbonyl (C=O) groups excluding carboxylic acids is 10. The van der Waals surface area contributed by atoms with Crippen LogP contribution >= 0.6 is 37.0 Å². The molecule has 0 saturated carbocycles. The van der Waals surface area contributed by atoms with E-state index in [-0.39, 0.29) is 111 Å². The number of thioether (sulfide) groups is 1. The fraction of sp³-hybridized carbons (Fsp3) is 0.667.